The van der Waals surface area contributed by atoms with Crippen molar-refractivity contribution in [1.82, 2.24) is 0 Å². The summed E-state index contributed by atoms with van der Waals surface area (Å²) in [5.74, 6) is 12.6. The number of hydrogen-bond acceptors (Lipinski definition) is 14. The maximum atomic E-state index is 9.40. The molecule has 16 nitrogen and oxygen atoms in total. The molecule has 0 spiro atoms. The maximum absolute atomic E-state index is 9.40. The molecular weight excluding hydrogens is 1610 g/mol. The minimum absolute atomic E-state index is 0.212. The van der Waals surface area contributed by atoms with Crippen molar-refractivity contribution in [1.29, 1.82) is 0 Å². The second kappa shape index (κ2) is 62.2. The zero-order valence-electron chi connectivity index (χ0n) is 90.7. The van der Waals surface area contributed by atoms with E-state index in [-0.39, 0.29) is 10.8 Å². The molecule has 16 heteroatoms. The third-order valence-corrected chi connectivity index (χ3v) is 38.9. The number of azide groups is 1. The van der Waals surface area contributed by atoms with E-state index < -0.39 is 0 Å². The van der Waals surface area contributed by atoms with Gasteiger partial charge in [-0.2, -0.15) is 0 Å². The third kappa shape index (κ3) is 30.0. The van der Waals surface area contributed by atoms with E-state index in [1.807, 2.05) is 56.5 Å². The monoisotopic (exact) mass is 1840 g/mol. The number of ether oxygens (including phenoxy) is 9. The van der Waals surface area contributed by atoms with Gasteiger partial charge in [0.2, 0.25) is 0 Å². The smallest absolute Gasteiger partial charge is 0.0637 e. The Bertz CT molecular complexity index is 2820. The number of hydrogen-bond donors (Lipinski definition) is 4. The lowest BCUT2D eigenvalue weighted by molar-refractivity contribution is -0.227. The maximum Gasteiger partial charge on any atom is 0.0637 e. The summed E-state index contributed by atoms with van der Waals surface area (Å²) in [6.45, 7) is 52.7. The third-order valence-electron chi connectivity index (χ3n) is 38.9. The van der Waals surface area contributed by atoms with Crippen LogP contribution < -0.4 is 17.2 Å². The molecule has 0 aromatic heterocycles. The van der Waals surface area contributed by atoms with Gasteiger partial charge in [-0.25, -0.2) is 0 Å². The average Bonchev–Trinajstić information content (AvgIpc) is 1.42. The van der Waals surface area contributed by atoms with Gasteiger partial charge in [-0.3, -0.25) is 0 Å². The van der Waals surface area contributed by atoms with Crippen LogP contribution in [-0.4, -0.2) is 155 Å². The second-order valence-electron chi connectivity index (χ2n) is 45.6. The van der Waals surface area contributed by atoms with Crippen molar-refractivity contribution < 1.29 is 47.7 Å². The molecule has 6 unspecified atom stereocenters. The molecule has 768 valence electrons. The number of nitrogens with two attached hydrogens (primary N) is 3. The topological polar surface area (TPSA) is 230 Å². The van der Waals surface area contributed by atoms with Gasteiger partial charge in [0.1, 0.15) is 0 Å². The van der Waals surface area contributed by atoms with Crippen LogP contribution in [-0.2, 0) is 42.6 Å². The first kappa shape index (κ1) is 119. The first-order valence-electron chi connectivity index (χ1n) is 56.4. The van der Waals surface area contributed by atoms with Crippen LogP contribution in [0.5, 0.6) is 0 Å². The molecule has 0 aromatic rings. The highest BCUT2D eigenvalue weighted by Crippen LogP contribution is 2.74. The second-order valence-corrected chi connectivity index (χ2v) is 45.6. The molecule has 0 amide bonds. The van der Waals surface area contributed by atoms with Crippen molar-refractivity contribution in [2.75, 3.05) is 95.3 Å². The fraction of sp³-hybridized carbons (Fsp3) is 1.00. The predicted molar refractivity (Wildman–Crippen MR) is 550 cm³/mol. The summed E-state index contributed by atoms with van der Waals surface area (Å²) in [5, 5.41) is 12.7. The molecule has 12 saturated carbocycles. The molecule has 12 rings (SSSR count). The lowest BCUT2D eigenvalue weighted by atomic mass is 9.43. The van der Waals surface area contributed by atoms with Gasteiger partial charge in [0, 0.05) is 96.8 Å². The number of aliphatic hydroxyl groups excluding tert-OH is 1. The minimum Gasteiger partial charge on any atom is -0.396 e. The molecular formula is C114H222N6O10. The molecule has 0 aliphatic heterocycles. The summed E-state index contributed by atoms with van der Waals surface area (Å²) in [4.78, 5) is 2.60. The molecule has 0 saturated heterocycles. The average molecular weight is 1840 g/mol. The van der Waals surface area contributed by atoms with Crippen molar-refractivity contribution in [2.24, 2.45) is 161 Å². The molecule has 33 atom stereocenters. The summed E-state index contributed by atoms with van der Waals surface area (Å²) >= 11 is 0. The fourth-order valence-electron chi connectivity index (χ4n) is 31.2. The van der Waals surface area contributed by atoms with E-state index in [0.29, 0.717) is 174 Å². The number of aliphatic hydroxyl groups is 1. The van der Waals surface area contributed by atoms with Gasteiger partial charge < -0.3 is 64.9 Å². The van der Waals surface area contributed by atoms with Crippen LogP contribution in [0, 0.1) is 139 Å². The lowest BCUT2D eigenvalue weighted by Gasteiger charge is -2.65. The van der Waals surface area contributed by atoms with E-state index in [1.54, 1.807) is 0 Å². The standard InChI is InChI=1S/C34H65N3O3.C28H50O3.C27H48O4.C9H20.C6H14.C4H9N3.C4H10.C2H6/c1-5-6-10-24(2)27-11-12-28-32-29(23-31(34(27,28)4)40-20-9-17-37)33(3)14-13-26(38-18-7-15-35)21-25(33)22-30(32)39-19-8-16-36;1-8-9-10-18(2)21-11-12-22-26-23(17-25(31-7)28(21,22)4)27(3)14-13-20(29-5)15-19(27)16-24(26)30-6;1-17(8-7-13-28)20-9-10-21-25-22(16-24(31-6)27(20,21)3)26(2)12-11-19(29-4)14-18(26)15-23(25)30-5;1-3-5-7-9-8-6-4-2;1-3-5-6-4-2;1-2-3-4-6-7-5;1-3-4-2;1-2/h24-32H,5-23,35-37H2,1-4H3;18-26H,8-17H2,1-7H3;17-25,28H,7-16H2,1-6H3;3-9H2,1-2H3;3-6H2,1-2H3;2-4H2,1H3;3-4H2,1-2H3;1-2H3/t24-,25?,26-,27-,28+,29+,30-,31+,32?,33+,34-;18-,19?,20-,21-,22+,23+,24-,25+,26?,27+,28-;17-,18?,19-,20-,21+,22+,23-,24+,25?,26+,27-;;;;;/m111...../s1. The highest BCUT2D eigenvalue weighted by atomic mass is 16.5. The van der Waals surface area contributed by atoms with Gasteiger partial charge in [-0.15, -0.1) is 0 Å². The Morgan fingerprint density at radius 1 is 0.338 bits per heavy atom. The van der Waals surface area contributed by atoms with Crippen LogP contribution in [0.3, 0.4) is 0 Å². The summed E-state index contributed by atoms with van der Waals surface area (Å²) in [7, 11) is 11.7. The summed E-state index contributed by atoms with van der Waals surface area (Å²) in [6, 6.07) is 0. The number of methoxy groups -OCH3 is 6. The predicted octanol–water partition coefficient (Wildman–Crippen LogP) is 29.2. The number of nitrogens with zero attached hydrogens (tertiary/aromatic N) is 3. The van der Waals surface area contributed by atoms with Crippen LogP contribution in [0.15, 0.2) is 5.11 Å². The van der Waals surface area contributed by atoms with Crippen LogP contribution >= 0.6 is 0 Å². The fourth-order valence-corrected chi connectivity index (χ4v) is 31.2. The summed E-state index contributed by atoms with van der Waals surface area (Å²) < 4.78 is 57.2. The molecule has 0 bridgehead atoms. The molecule has 0 heterocycles. The van der Waals surface area contributed by atoms with Crippen molar-refractivity contribution in [2.45, 2.75) is 495 Å². The molecule has 12 aliphatic rings. The van der Waals surface area contributed by atoms with Crippen LogP contribution in [0.4, 0.5) is 0 Å². The summed E-state index contributed by atoms with van der Waals surface area (Å²) in [5.41, 5.74) is 27.2. The van der Waals surface area contributed by atoms with Crippen LogP contribution in [0.1, 0.15) is 440 Å². The van der Waals surface area contributed by atoms with Crippen LogP contribution in [0.25, 0.3) is 10.4 Å². The Kier molecular flexibility index (Phi) is 57.0. The first-order valence-corrected chi connectivity index (χ1v) is 56.4. The zero-order chi connectivity index (χ0) is 96.3. The molecule has 12 aliphatic carbocycles. The quantitative estimate of drug-likeness (QED) is 0.0193. The van der Waals surface area contributed by atoms with Gasteiger partial charge in [0.25, 0.3) is 0 Å². The van der Waals surface area contributed by atoms with Crippen molar-refractivity contribution in [3.05, 3.63) is 10.4 Å². The minimum atomic E-state index is 0.212. The number of rotatable bonds is 43. The van der Waals surface area contributed by atoms with Gasteiger partial charge in [0.15, 0.2) is 0 Å². The van der Waals surface area contributed by atoms with Gasteiger partial charge in [0.05, 0.1) is 54.9 Å². The van der Waals surface area contributed by atoms with Crippen molar-refractivity contribution in [3.8, 4) is 0 Å². The van der Waals surface area contributed by atoms with E-state index in [4.69, 9.17) is 65.4 Å². The van der Waals surface area contributed by atoms with Gasteiger partial charge in [-0.1, -0.05) is 272 Å². The van der Waals surface area contributed by atoms with E-state index >= 15 is 0 Å². The Labute approximate surface area is 805 Å². The largest absolute Gasteiger partial charge is 0.396 e. The lowest BCUT2D eigenvalue weighted by Crippen LogP contribution is -2.63. The van der Waals surface area contributed by atoms with E-state index in [1.165, 1.54) is 257 Å². The van der Waals surface area contributed by atoms with E-state index in [0.717, 1.165) is 106 Å². The number of unbranched alkanes of at least 4 members (excludes halogenated alkanes) is 13. The van der Waals surface area contributed by atoms with Gasteiger partial charge in [-0.05, 0) is 321 Å². The van der Waals surface area contributed by atoms with Gasteiger partial charge >= 0.3 is 0 Å². The Hall–Kier alpha value is -1.21. The van der Waals surface area contributed by atoms with Crippen molar-refractivity contribution >= 4 is 0 Å². The number of fused-ring (bicyclic) bond motifs is 15. The Morgan fingerprint density at radius 2 is 0.662 bits per heavy atom. The normalized spacial score (nSPS) is 38.7. The summed E-state index contributed by atoms with van der Waals surface area (Å²) in [6.07, 6.45) is 62.8. The SMILES string of the molecule is CC.CCCC.CCCCCC.CCCCCCCCC.CCCCN=[N+]=[N-].CCCC[C@@H](C)[C@H]1CC[C@H]2C3[C@H](OC)CC4C[C@H](OC)CC[C@]4(C)[C@H]3C[C@H](OC)[C@]12C.CCCC[C@@H](C)[C@H]1CC[C@H]2C3[C@H](OCCCN)CC4C[C@H](OCCCN)CC[C@]4(C)[C@H]3C[C@H](OCCCN)[C@]12C.CO[C@@H]1CC[C@@]2(C)C(C1)C[C@@H](OC)C1[C@@H]3CC[C@H]([C@H](C)CCCO)[C@@]3(C)[C@@H](OC)C[C@@H]12. The van der Waals surface area contributed by atoms with Crippen LogP contribution in [0.2, 0.25) is 0 Å². The van der Waals surface area contributed by atoms with E-state index in [2.05, 4.69) is 135 Å². The molecule has 0 radical (unpaired) electrons. The van der Waals surface area contributed by atoms with E-state index in [9.17, 15) is 5.11 Å². The Morgan fingerprint density at radius 3 is 1.01 bits per heavy atom. The highest BCUT2D eigenvalue weighted by molar-refractivity contribution is 5.19. The molecule has 130 heavy (non-hydrogen) atoms. The first-order chi connectivity index (χ1) is 62.7. The zero-order valence-corrected chi connectivity index (χ0v) is 90.7. The Balaban J connectivity index is 0.000000302. The molecule has 7 N–H and O–H groups in total. The highest BCUT2D eigenvalue weighted by Gasteiger charge is 2.71. The molecule has 12 fully saturated rings. The van der Waals surface area contributed by atoms with Crippen molar-refractivity contribution in [3.63, 3.8) is 0 Å². The molecule has 0 aromatic carbocycles.